The zero-order valence-electron chi connectivity index (χ0n) is 15.5. The summed E-state index contributed by atoms with van der Waals surface area (Å²) in [4.78, 5) is 13.8. The Balaban J connectivity index is 1.35. The van der Waals surface area contributed by atoms with Crippen LogP contribution >= 0.6 is 0 Å². The maximum atomic E-state index is 4.62. The zero-order valence-corrected chi connectivity index (χ0v) is 15.5. The summed E-state index contributed by atoms with van der Waals surface area (Å²) in [6.07, 6.45) is 5.61. The number of hydrogen-bond acceptors (Lipinski definition) is 6. The predicted octanol–water partition coefficient (Wildman–Crippen LogP) is 2.51. The predicted molar refractivity (Wildman–Crippen MR) is 108 cm³/mol. The molecule has 0 unspecified atom stereocenters. The summed E-state index contributed by atoms with van der Waals surface area (Å²) < 4.78 is 2.03. The van der Waals surface area contributed by atoms with Crippen molar-refractivity contribution in [3.05, 3.63) is 72.8 Å². The molecule has 0 radical (unpaired) electrons. The normalized spacial score (nSPS) is 15.2. The molecule has 140 valence electrons. The number of anilines is 1. The van der Waals surface area contributed by atoms with Crippen molar-refractivity contribution in [2.45, 2.75) is 6.54 Å². The van der Waals surface area contributed by atoms with Crippen LogP contribution in [0.2, 0.25) is 0 Å². The zero-order chi connectivity index (χ0) is 18.8. The Kier molecular flexibility index (Phi) is 4.42. The minimum atomic E-state index is 0.805. The molecule has 4 aromatic rings. The fraction of sp³-hybridized carbons (Fsp3) is 0.238. The molecule has 0 saturated carbocycles. The van der Waals surface area contributed by atoms with Crippen LogP contribution in [0.1, 0.15) is 5.69 Å². The number of piperazine rings is 1. The van der Waals surface area contributed by atoms with E-state index in [0.29, 0.717) is 0 Å². The molecule has 0 aliphatic carbocycles. The van der Waals surface area contributed by atoms with E-state index in [9.17, 15) is 0 Å². The van der Waals surface area contributed by atoms with Crippen LogP contribution in [-0.4, -0.2) is 55.6 Å². The number of nitrogens with zero attached hydrogens (tertiary/aromatic N) is 7. The lowest BCUT2D eigenvalue weighted by atomic mass is 10.2. The summed E-state index contributed by atoms with van der Waals surface area (Å²) in [5.41, 5.74) is 2.97. The largest absolute Gasteiger partial charge is 0.351 e. The van der Waals surface area contributed by atoms with Gasteiger partial charge >= 0.3 is 0 Å². The highest BCUT2D eigenvalue weighted by molar-refractivity contribution is 5.68. The summed E-state index contributed by atoms with van der Waals surface area (Å²) in [7, 11) is 0. The quantitative estimate of drug-likeness (QED) is 0.549. The van der Waals surface area contributed by atoms with Gasteiger partial charge in [-0.25, -0.2) is 4.98 Å². The molecule has 28 heavy (non-hydrogen) atoms. The number of hydrogen-bond donors (Lipinski definition) is 0. The van der Waals surface area contributed by atoms with E-state index in [-0.39, 0.29) is 0 Å². The van der Waals surface area contributed by atoms with Crippen molar-refractivity contribution >= 4 is 11.5 Å². The second-order valence-electron chi connectivity index (χ2n) is 6.92. The van der Waals surface area contributed by atoms with Crippen LogP contribution in [0.25, 0.3) is 17.0 Å². The summed E-state index contributed by atoms with van der Waals surface area (Å²) in [5, 5.41) is 8.86. The average molecular weight is 371 g/mol. The van der Waals surface area contributed by atoms with Gasteiger partial charge in [-0.05, 0) is 12.1 Å². The third-order valence-electron chi connectivity index (χ3n) is 5.12. The molecule has 1 aliphatic rings. The molecule has 0 atom stereocenters. The van der Waals surface area contributed by atoms with Crippen LogP contribution in [0.3, 0.4) is 0 Å². The van der Waals surface area contributed by atoms with E-state index in [1.807, 2.05) is 65.5 Å². The third kappa shape index (κ3) is 3.20. The smallest absolute Gasteiger partial charge is 0.204 e. The maximum absolute atomic E-state index is 4.62. The lowest BCUT2D eigenvalue weighted by molar-refractivity contribution is 0.246. The first-order chi connectivity index (χ1) is 13.9. The number of rotatable bonds is 4. The van der Waals surface area contributed by atoms with Gasteiger partial charge in [0.25, 0.3) is 0 Å². The van der Waals surface area contributed by atoms with Crippen LogP contribution in [0, 0.1) is 0 Å². The van der Waals surface area contributed by atoms with E-state index in [4.69, 9.17) is 0 Å². The van der Waals surface area contributed by atoms with E-state index in [1.54, 1.807) is 0 Å². The number of benzene rings is 1. The fourth-order valence-corrected chi connectivity index (χ4v) is 3.66. The summed E-state index contributed by atoms with van der Waals surface area (Å²) >= 11 is 0. The maximum Gasteiger partial charge on any atom is 0.204 e. The van der Waals surface area contributed by atoms with Crippen molar-refractivity contribution in [3.8, 4) is 11.4 Å². The van der Waals surface area contributed by atoms with E-state index in [2.05, 4.69) is 36.0 Å². The van der Waals surface area contributed by atoms with Crippen LogP contribution in [-0.2, 0) is 6.54 Å². The molecule has 4 heterocycles. The first kappa shape index (κ1) is 16.8. The van der Waals surface area contributed by atoms with Gasteiger partial charge in [0.15, 0.2) is 11.6 Å². The van der Waals surface area contributed by atoms with Gasteiger partial charge in [-0.3, -0.25) is 14.3 Å². The van der Waals surface area contributed by atoms with Crippen molar-refractivity contribution < 1.29 is 0 Å². The molecule has 7 heteroatoms. The highest BCUT2D eigenvalue weighted by Gasteiger charge is 2.22. The topological polar surface area (TPSA) is 62.5 Å². The second kappa shape index (κ2) is 7.36. The Bertz CT molecular complexity index is 1050. The van der Waals surface area contributed by atoms with E-state index in [0.717, 1.165) is 61.3 Å². The molecule has 1 aromatic carbocycles. The standard InChI is InChI=1S/C21H21N7/c1-2-6-17(7-3-1)19-24-25-21-20(23-10-11-28(19)21)27-14-12-26(13-15-27)16-18-8-4-5-9-22-18/h1-11H,12-16H2. The summed E-state index contributed by atoms with van der Waals surface area (Å²) in [6, 6.07) is 16.2. The van der Waals surface area contributed by atoms with Gasteiger partial charge in [0, 0.05) is 56.9 Å². The molecule has 0 amide bonds. The molecule has 1 aliphatic heterocycles. The first-order valence-corrected chi connectivity index (χ1v) is 9.51. The van der Waals surface area contributed by atoms with Gasteiger partial charge in [-0.15, -0.1) is 10.2 Å². The average Bonchev–Trinajstić information content (AvgIpc) is 3.20. The van der Waals surface area contributed by atoms with Crippen LogP contribution in [0.4, 0.5) is 5.82 Å². The molecular formula is C21H21N7. The number of pyridine rings is 1. The van der Waals surface area contributed by atoms with E-state index < -0.39 is 0 Å². The van der Waals surface area contributed by atoms with E-state index >= 15 is 0 Å². The minimum Gasteiger partial charge on any atom is -0.351 e. The molecular weight excluding hydrogens is 350 g/mol. The van der Waals surface area contributed by atoms with E-state index in [1.165, 1.54) is 0 Å². The number of fused-ring (bicyclic) bond motifs is 1. The Labute approximate surface area is 163 Å². The van der Waals surface area contributed by atoms with Gasteiger partial charge in [-0.1, -0.05) is 36.4 Å². The molecule has 0 N–H and O–H groups in total. The molecule has 3 aromatic heterocycles. The lowest BCUT2D eigenvalue weighted by Gasteiger charge is -2.35. The highest BCUT2D eigenvalue weighted by Crippen LogP contribution is 2.24. The van der Waals surface area contributed by atoms with Gasteiger partial charge in [0.2, 0.25) is 5.65 Å². The Hall–Kier alpha value is -3.32. The Morgan fingerprint density at radius 3 is 2.39 bits per heavy atom. The second-order valence-corrected chi connectivity index (χ2v) is 6.92. The summed E-state index contributed by atoms with van der Waals surface area (Å²) in [6.45, 7) is 4.65. The first-order valence-electron chi connectivity index (χ1n) is 9.51. The molecule has 1 saturated heterocycles. The van der Waals surface area contributed by atoms with Gasteiger partial charge < -0.3 is 4.90 Å². The molecule has 5 rings (SSSR count). The molecule has 0 spiro atoms. The van der Waals surface area contributed by atoms with Crippen molar-refractivity contribution in [2.24, 2.45) is 0 Å². The van der Waals surface area contributed by atoms with Crippen LogP contribution < -0.4 is 4.90 Å². The van der Waals surface area contributed by atoms with Gasteiger partial charge in [0.05, 0.1) is 5.69 Å². The van der Waals surface area contributed by atoms with Crippen molar-refractivity contribution in [1.29, 1.82) is 0 Å². The van der Waals surface area contributed by atoms with Gasteiger partial charge in [0.1, 0.15) is 0 Å². The number of aromatic nitrogens is 5. The van der Waals surface area contributed by atoms with Crippen LogP contribution in [0.5, 0.6) is 0 Å². The monoisotopic (exact) mass is 371 g/mol. The van der Waals surface area contributed by atoms with Crippen molar-refractivity contribution in [1.82, 2.24) is 29.5 Å². The summed E-state index contributed by atoms with van der Waals surface area (Å²) in [5.74, 6) is 1.74. The van der Waals surface area contributed by atoms with Crippen molar-refractivity contribution in [2.75, 3.05) is 31.1 Å². The van der Waals surface area contributed by atoms with Crippen molar-refractivity contribution in [3.63, 3.8) is 0 Å². The highest BCUT2D eigenvalue weighted by atomic mass is 15.3. The molecule has 7 nitrogen and oxygen atoms in total. The lowest BCUT2D eigenvalue weighted by Crippen LogP contribution is -2.46. The van der Waals surface area contributed by atoms with Gasteiger partial charge in [-0.2, -0.15) is 0 Å². The minimum absolute atomic E-state index is 0.805. The molecule has 0 bridgehead atoms. The third-order valence-corrected chi connectivity index (χ3v) is 5.12. The Morgan fingerprint density at radius 2 is 1.61 bits per heavy atom. The Morgan fingerprint density at radius 1 is 0.786 bits per heavy atom. The SMILES string of the molecule is c1ccc(-c2nnc3c(N4CCN(Cc5ccccn5)CC4)nccn23)cc1. The van der Waals surface area contributed by atoms with Crippen LogP contribution in [0.15, 0.2) is 67.1 Å². The molecule has 1 fully saturated rings. The fourth-order valence-electron chi connectivity index (χ4n) is 3.66.